The number of ether oxygens (including phenoxy) is 1. The summed E-state index contributed by atoms with van der Waals surface area (Å²) in [6.07, 6.45) is 5.43. The molecule has 0 saturated heterocycles. The minimum atomic E-state index is 0.584. The Labute approximate surface area is 98.3 Å². The summed E-state index contributed by atoms with van der Waals surface area (Å²) < 4.78 is 5.10. The number of rotatable bonds is 6. The SMILES string of the molecule is CC[C@H](C)NC/C=C/c1ccc(OC)cc1. The average molecular weight is 219 g/mol. The number of hydrogen-bond donors (Lipinski definition) is 1. The van der Waals surface area contributed by atoms with E-state index in [1.807, 2.05) is 12.1 Å². The van der Waals surface area contributed by atoms with Gasteiger partial charge in [0.15, 0.2) is 0 Å². The molecule has 0 bridgehead atoms. The maximum absolute atomic E-state index is 5.10. The molecule has 2 nitrogen and oxygen atoms in total. The molecule has 0 amide bonds. The van der Waals surface area contributed by atoms with Gasteiger partial charge in [0.1, 0.15) is 5.75 Å². The van der Waals surface area contributed by atoms with Crippen molar-refractivity contribution in [3.63, 3.8) is 0 Å². The molecule has 1 rings (SSSR count). The van der Waals surface area contributed by atoms with Gasteiger partial charge >= 0.3 is 0 Å². The van der Waals surface area contributed by atoms with E-state index < -0.39 is 0 Å². The van der Waals surface area contributed by atoms with Crippen molar-refractivity contribution in [2.24, 2.45) is 0 Å². The average Bonchev–Trinajstić information content (AvgIpc) is 2.35. The highest BCUT2D eigenvalue weighted by Gasteiger charge is 1.93. The summed E-state index contributed by atoms with van der Waals surface area (Å²) in [6.45, 7) is 5.30. The van der Waals surface area contributed by atoms with E-state index in [9.17, 15) is 0 Å². The van der Waals surface area contributed by atoms with Gasteiger partial charge in [0.05, 0.1) is 7.11 Å². The fourth-order valence-electron chi connectivity index (χ4n) is 1.32. The van der Waals surface area contributed by atoms with Gasteiger partial charge in [-0.05, 0) is 31.0 Å². The maximum Gasteiger partial charge on any atom is 0.118 e. The van der Waals surface area contributed by atoms with Crippen molar-refractivity contribution >= 4 is 6.08 Å². The van der Waals surface area contributed by atoms with E-state index in [0.29, 0.717) is 6.04 Å². The molecule has 16 heavy (non-hydrogen) atoms. The van der Waals surface area contributed by atoms with Crippen molar-refractivity contribution in [1.82, 2.24) is 5.32 Å². The minimum absolute atomic E-state index is 0.584. The van der Waals surface area contributed by atoms with E-state index in [2.05, 4.69) is 43.4 Å². The molecule has 1 N–H and O–H groups in total. The molecule has 1 aromatic carbocycles. The van der Waals surface area contributed by atoms with Crippen LogP contribution in [0.5, 0.6) is 5.75 Å². The van der Waals surface area contributed by atoms with Crippen molar-refractivity contribution in [2.75, 3.05) is 13.7 Å². The van der Waals surface area contributed by atoms with Gasteiger partial charge in [0.2, 0.25) is 0 Å². The Morgan fingerprint density at radius 3 is 2.56 bits per heavy atom. The second kappa shape index (κ2) is 7.07. The van der Waals surface area contributed by atoms with Crippen LogP contribution in [0.4, 0.5) is 0 Å². The van der Waals surface area contributed by atoms with Gasteiger partial charge in [-0.2, -0.15) is 0 Å². The van der Waals surface area contributed by atoms with E-state index in [1.54, 1.807) is 7.11 Å². The van der Waals surface area contributed by atoms with Crippen molar-refractivity contribution in [3.05, 3.63) is 35.9 Å². The first kappa shape index (κ1) is 12.8. The van der Waals surface area contributed by atoms with E-state index >= 15 is 0 Å². The van der Waals surface area contributed by atoms with Crippen LogP contribution in [0, 0.1) is 0 Å². The molecular weight excluding hydrogens is 198 g/mol. The van der Waals surface area contributed by atoms with E-state index in [0.717, 1.165) is 18.7 Å². The summed E-state index contributed by atoms with van der Waals surface area (Å²) in [5.41, 5.74) is 1.20. The first-order valence-electron chi connectivity index (χ1n) is 5.80. The van der Waals surface area contributed by atoms with Gasteiger partial charge in [-0.1, -0.05) is 31.2 Å². The molecule has 0 spiro atoms. The van der Waals surface area contributed by atoms with Gasteiger partial charge in [-0.25, -0.2) is 0 Å². The van der Waals surface area contributed by atoms with E-state index in [-0.39, 0.29) is 0 Å². The van der Waals surface area contributed by atoms with Crippen LogP contribution < -0.4 is 10.1 Å². The van der Waals surface area contributed by atoms with Gasteiger partial charge in [0.25, 0.3) is 0 Å². The summed E-state index contributed by atoms with van der Waals surface area (Å²) in [7, 11) is 1.68. The lowest BCUT2D eigenvalue weighted by molar-refractivity contribution is 0.415. The molecule has 0 fully saturated rings. The van der Waals surface area contributed by atoms with Crippen LogP contribution in [0.2, 0.25) is 0 Å². The molecule has 0 heterocycles. The standard InChI is InChI=1S/C14H21NO/c1-4-12(2)15-11-5-6-13-7-9-14(16-3)10-8-13/h5-10,12,15H,4,11H2,1-3H3/b6-5+/t12-/m0/s1. The quantitative estimate of drug-likeness (QED) is 0.793. The van der Waals surface area contributed by atoms with Crippen molar-refractivity contribution in [3.8, 4) is 5.75 Å². The van der Waals surface area contributed by atoms with Crippen LogP contribution in [0.15, 0.2) is 30.3 Å². The third-order valence-corrected chi connectivity index (χ3v) is 2.62. The Morgan fingerprint density at radius 2 is 2.00 bits per heavy atom. The number of nitrogens with one attached hydrogen (secondary N) is 1. The Kier molecular flexibility index (Phi) is 5.65. The molecule has 1 atom stereocenters. The van der Waals surface area contributed by atoms with Crippen LogP contribution in [0.1, 0.15) is 25.8 Å². The summed E-state index contributed by atoms with van der Waals surface area (Å²) >= 11 is 0. The zero-order valence-corrected chi connectivity index (χ0v) is 10.4. The number of hydrogen-bond acceptors (Lipinski definition) is 2. The summed E-state index contributed by atoms with van der Waals surface area (Å²) in [4.78, 5) is 0. The first-order chi connectivity index (χ1) is 7.76. The summed E-state index contributed by atoms with van der Waals surface area (Å²) in [5.74, 6) is 0.898. The van der Waals surface area contributed by atoms with Crippen LogP contribution in [-0.4, -0.2) is 19.7 Å². The highest BCUT2D eigenvalue weighted by atomic mass is 16.5. The van der Waals surface area contributed by atoms with Crippen molar-refractivity contribution in [2.45, 2.75) is 26.3 Å². The molecule has 0 aliphatic heterocycles. The zero-order chi connectivity index (χ0) is 11.8. The minimum Gasteiger partial charge on any atom is -0.497 e. The van der Waals surface area contributed by atoms with Gasteiger partial charge in [-0.15, -0.1) is 0 Å². The van der Waals surface area contributed by atoms with Crippen molar-refractivity contribution in [1.29, 1.82) is 0 Å². The predicted molar refractivity (Wildman–Crippen MR) is 69.8 cm³/mol. The highest BCUT2D eigenvalue weighted by Crippen LogP contribution is 2.11. The molecule has 0 aliphatic rings. The molecule has 0 saturated carbocycles. The van der Waals surface area contributed by atoms with Crippen molar-refractivity contribution < 1.29 is 4.74 Å². The van der Waals surface area contributed by atoms with E-state index in [1.165, 1.54) is 5.56 Å². The van der Waals surface area contributed by atoms with Gasteiger partial charge in [-0.3, -0.25) is 0 Å². The Morgan fingerprint density at radius 1 is 1.31 bits per heavy atom. The van der Waals surface area contributed by atoms with Crippen LogP contribution in [0.25, 0.3) is 6.08 Å². The van der Waals surface area contributed by atoms with Gasteiger partial charge in [0, 0.05) is 12.6 Å². The lowest BCUT2D eigenvalue weighted by Gasteiger charge is -2.07. The van der Waals surface area contributed by atoms with Crippen LogP contribution in [-0.2, 0) is 0 Å². The first-order valence-corrected chi connectivity index (χ1v) is 5.80. The smallest absolute Gasteiger partial charge is 0.118 e. The second-order valence-corrected chi connectivity index (χ2v) is 3.89. The molecule has 0 radical (unpaired) electrons. The van der Waals surface area contributed by atoms with Gasteiger partial charge < -0.3 is 10.1 Å². The molecule has 0 aromatic heterocycles. The topological polar surface area (TPSA) is 21.3 Å². The Bertz CT molecular complexity index is 316. The summed E-state index contributed by atoms with van der Waals surface area (Å²) in [6, 6.07) is 8.64. The number of methoxy groups -OCH3 is 1. The fraction of sp³-hybridized carbons (Fsp3) is 0.429. The highest BCUT2D eigenvalue weighted by molar-refractivity contribution is 5.50. The molecule has 0 aliphatic carbocycles. The summed E-state index contributed by atoms with van der Waals surface area (Å²) in [5, 5.41) is 3.41. The lowest BCUT2D eigenvalue weighted by Crippen LogP contribution is -2.24. The molecule has 0 unspecified atom stereocenters. The fourth-order valence-corrected chi connectivity index (χ4v) is 1.32. The van der Waals surface area contributed by atoms with E-state index in [4.69, 9.17) is 4.74 Å². The monoisotopic (exact) mass is 219 g/mol. The number of benzene rings is 1. The molecule has 2 heteroatoms. The van der Waals surface area contributed by atoms with Crippen LogP contribution >= 0.6 is 0 Å². The van der Waals surface area contributed by atoms with Crippen LogP contribution in [0.3, 0.4) is 0 Å². The Hall–Kier alpha value is -1.28. The maximum atomic E-state index is 5.10. The predicted octanol–water partition coefficient (Wildman–Crippen LogP) is 3.10. The lowest BCUT2D eigenvalue weighted by atomic mass is 10.2. The Balaban J connectivity index is 2.38. The zero-order valence-electron chi connectivity index (χ0n) is 10.4. The third-order valence-electron chi connectivity index (χ3n) is 2.62. The second-order valence-electron chi connectivity index (χ2n) is 3.89. The largest absolute Gasteiger partial charge is 0.497 e. The molecule has 1 aromatic rings. The molecular formula is C14H21NO. The third kappa shape index (κ3) is 4.49. The normalized spacial score (nSPS) is 12.9. The molecule has 88 valence electrons.